The first-order valence-corrected chi connectivity index (χ1v) is 15.3. The molecule has 0 fully saturated rings. The zero-order valence-electron chi connectivity index (χ0n) is 22.6. The van der Waals surface area contributed by atoms with Crippen molar-refractivity contribution in [1.82, 2.24) is 0 Å². The third-order valence-corrected chi connectivity index (χ3v) is 9.18. The number of ether oxygens (including phenoxy) is 2. The standard InChI is InChI=1S/C29H29N3O7S2/c1-21-13-18-27(38-2)25(19-21)31-40(34,35)23-16-14-22(15-17-23)30-29(33)20-32(26-11-7-8-12-28(26)39-3)41(36,37)24-9-5-4-6-10-24/h4-19,31H,20H2,1-3H3,(H,30,33). The van der Waals surface area contributed by atoms with Crippen molar-refractivity contribution in [3.8, 4) is 11.5 Å². The number of carbonyl (C=O) groups is 1. The monoisotopic (exact) mass is 595 g/mol. The van der Waals surface area contributed by atoms with Crippen LogP contribution in [0, 0.1) is 6.92 Å². The summed E-state index contributed by atoms with van der Waals surface area (Å²) in [4.78, 5) is 13.1. The van der Waals surface area contributed by atoms with E-state index < -0.39 is 32.5 Å². The zero-order chi connectivity index (χ0) is 29.6. The van der Waals surface area contributed by atoms with E-state index in [1.165, 1.54) is 50.6 Å². The van der Waals surface area contributed by atoms with Crippen molar-refractivity contribution in [2.24, 2.45) is 0 Å². The average molecular weight is 596 g/mol. The fraction of sp³-hybridized carbons (Fsp3) is 0.138. The van der Waals surface area contributed by atoms with Crippen LogP contribution < -0.4 is 23.8 Å². The van der Waals surface area contributed by atoms with Crippen LogP contribution >= 0.6 is 0 Å². The molecule has 4 aromatic carbocycles. The summed E-state index contributed by atoms with van der Waals surface area (Å²) in [5.74, 6) is -0.00568. The SMILES string of the molecule is COc1ccc(C)cc1NS(=O)(=O)c1ccc(NC(=O)CN(c2ccccc2OC)S(=O)(=O)c2ccccc2)cc1. The first kappa shape index (κ1) is 29.4. The number of hydrogen-bond acceptors (Lipinski definition) is 7. The molecular formula is C29H29N3O7S2. The molecule has 0 bridgehead atoms. The Balaban J connectivity index is 1.55. The van der Waals surface area contributed by atoms with Gasteiger partial charge in [-0.3, -0.25) is 13.8 Å². The van der Waals surface area contributed by atoms with Gasteiger partial charge in [-0.1, -0.05) is 36.4 Å². The third-order valence-electron chi connectivity index (χ3n) is 6.02. The van der Waals surface area contributed by atoms with Crippen LogP contribution in [0.25, 0.3) is 0 Å². The molecule has 4 aromatic rings. The number of nitrogens with zero attached hydrogens (tertiary/aromatic N) is 1. The van der Waals surface area contributed by atoms with Crippen molar-refractivity contribution >= 4 is 43.0 Å². The molecule has 10 nitrogen and oxygen atoms in total. The number of para-hydroxylation sites is 2. The van der Waals surface area contributed by atoms with Crippen LogP contribution in [0.5, 0.6) is 11.5 Å². The Hall–Kier alpha value is -4.55. The second kappa shape index (κ2) is 12.3. The van der Waals surface area contributed by atoms with E-state index in [0.717, 1.165) is 9.87 Å². The number of amides is 1. The van der Waals surface area contributed by atoms with Gasteiger partial charge in [-0.2, -0.15) is 0 Å². The lowest BCUT2D eigenvalue weighted by molar-refractivity contribution is -0.114. The van der Waals surface area contributed by atoms with Crippen LogP contribution in [-0.4, -0.2) is 43.5 Å². The van der Waals surface area contributed by atoms with Gasteiger partial charge in [0.05, 0.1) is 35.4 Å². The maximum Gasteiger partial charge on any atom is 0.264 e. The summed E-state index contributed by atoms with van der Waals surface area (Å²) in [6, 6.07) is 24.8. The van der Waals surface area contributed by atoms with E-state index in [1.807, 2.05) is 6.92 Å². The number of sulfonamides is 2. The number of nitrogens with one attached hydrogen (secondary N) is 2. The van der Waals surface area contributed by atoms with E-state index in [1.54, 1.807) is 60.7 Å². The van der Waals surface area contributed by atoms with E-state index in [4.69, 9.17) is 9.47 Å². The van der Waals surface area contributed by atoms with Crippen LogP contribution in [0.1, 0.15) is 5.56 Å². The second-order valence-electron chi connectivity index (χ2n) is 8.88. The van der Waals surface area contributed by atoms with Gasteiger partial charge in [0.1, 0.15) is 18.0 Å². The molecule has 0 atom stereocenters. The molecule has 12 heteroatoms. The number of anilines is 3. The normalized spacial score (nSPS) is 11.4. The molecule has 0 unspecified atom stereocenters. The smallest absolute Gasteiger partial charge is 0.264 e. The lowest BCUT2D eigenvalue weighted by atomic mass is 10.2. The Morgan fingerprint density at radius 2 is 1.39 bits per heavy atom. The summed E-state index contributed by atoms with van der Waals surface area (Å²) in [7, 11) is -5.26. The molecule has 214 valence electrons. The summed E-state index contributed by atoms with van der Waals surface area (Å²) < 4.78 is 67.2. The lowest BCUT2D eigenvalue weighted by Crippen LogP contribution is -2.38. The Kier molecular flexibility index (Phi) is 8.84. The molecule has 0 aliphatic carbocycles. The molecule has 0 aromatic heterocycles. The van der Waals surface area contributed by atoms with Gasteiger partial charge in [0, 0.05) is 5.69 Å². The number of benzene rings is 4. The minimum Gasteiger partial charge on any atom is -0.495 e. The van der Waals surface area contributed by atoms with Crippen LogP contribution in [0.3, 0.4) is 0 Å². The summed E-state index contributed by atoms with van der Waals surface area (Å²) >= 11 is 0. The van der Waals surface area contributed by atoms with Crippen molar-refractivity contribution in [3.05, 3.63) is 103 Å². The van der Waals surface area contributed by atoms with Crippen molar-refractivity contribution in [2.75, 3.05) is 35.1 Å². The molecule has 0 spiro atoms. The number of carbonyl (C=O) groups excluding carboxylic acids is 1. The molecule has 4 rings (SSSR count). The van der Waals surface area contributed by atoms with Gasteiger partial charge in [-0.15, -0.1) is 0 Å². The largest absolute Gasteiger partial charge is 0.495 e. The lowest BCUT2D eigenvalue weighted by Gasteiger charge is -2.25. The molecule has 2 N–H and O–H groups in total. The highest BCUT2D eigenvalue weighted by atomic mass is 32.2. The molecule has 1 amide bonds. The number of aryl methyl sites for hydroxylation is 1. The number of rotatable bonds is 11. The first-order chi connectivity index (χ1) is 19.5. The van der Waals surface area contributed by atoms with E-state index in [2.05, 4.69) is 10.0 Å². The minimum atomic E-state index is -4.14. The van der Waals surface area contributed by atoms with E-state index >= 15 is 0 Å². The Morgan fingerprint density at radius 3 is 2.05 bits per heavy atom. The fourth-order valence-electron chi connectivity index (χ4n) is 4.01. The van der Waals surface area contributed by atoms with Gasteiger partial charge in [0.2, 0.25) is 5.91 Å². The van der Waals surface area contributed by atoms with Gasteiger partial charge in [0.15, 0.2) is 0 Å². The highest BCUT2D eigenvalue weighted by molar-refractivity contribution is 7.93. The third kappa shape index (κ3) is 6.79. The summed E-state index contributed by atoms with van der Waals surface area (Å²) in [5.41, 5.74) is 1.60. The van der Waals surface area contributed by atoms with Gasteiger partial charge in [0.25, 0.3) is 20.0 Å². The summed E-state index contributed by atoms with van der Waals surface area (Å²) in [6.45, 7) is 1.27. The van der Waals surface area contributed by atoms with Gasteiger partial charge < -0.3 is 14.8 Å². The molecule has 0 radical (unpaired) electrons. The average Bonchev–Trinajstić information content (AvgIpc) is 2.96. The Bertz CT molecular complexity index is 1740. The van der Waals surface area contributed by atoms with E-state index in [0.29, 0.717) is 11.4 Å². The van der Waals surface area contributed by atoms with Crippen LogP contribution in [0.2, 0.25) is 0 Å². The van der Waals surface area contributed by atoms with Crippen molar-refractivity contribution < 1.29 is 31.1 Å². The number of hydrogen-bond donors (Lipinski definition) is 2. The zero-order valence-corrected chi connectivity index (χ0v) is 24.2. The van der Waals surface area contributed by atoms with Gasteiger partial charge in [-0.05, 0) is 73.2 Å². The maximum atomic E-state index is 13.6. The maximum absolute atomic E-state index is 13.6. The highest BCUT2D eigenvalue weighted by Crippen LogP contribution is 2.32. The Morgan fingerprint density at radius 1 is 0.756 bits per heavy atom. The van der Waals surface area contributed by atoms with Crippen LogP contribution in [0.4, 0.5) is 17.1 Å². The number of methoxy groups -OCH3 is 2. The first-order valence-electron chi connectivity index (χ1n) is 12.3. The van der Waals surface area contributed by atoms with E-state index in [-0.39, 0.29) is 26.9 Å². The van der Waals surface area contributed by atoms with Crippen LogP contribution in [-0.2, 0) is 24.8 Å². The summed E-state index contributed by atoms with van der Waals surface area (Å²) in [5, 5.41) is 2.64. The quantitative estimate of drug-likeness (QED) is 0.258. The van der Waals surface area contributed by atoms with Gasteiger partial charge >= 0.3 is 0 Å². The molecule has 0 aliphatic heterocycles. The highest BCUT2D eigenvalue weighted by Gasteiger charge is 2.29. The molecule has 41 heavy (non-hydrogen) atoms. The Labute approximate surface area is 239 Å². The molecule has 0 aliphatic rings. The summed E-state index contributed by atoms with van der Waals surface area (Å²) in [6.07, 6.45) is 0. The van der Waals surface area contributed by atoms with Gasteiger partial charge in [-0.25, -0.2) is 16.8 Å². The van der Waals surface area contributed by atoms with Crippen LogP contribution in [0.15, 0.2) is 107 Å². The van der Waals surface area contributed by atoms with Crippen molar-refractivity contribution in [2.45, 2.75) is 16.7 Å². The topological polar surface area (TPSA) is 131 Å². The predicted octanol–water partition coefficient (Wildman–Crippen LogP) is 4.65. The predicted molar refractivity (Wildman–Crippen MR) is 158 cm³/mol. The molecule has 0 saturated heterocycles. The second-order valence-corrected chi connectivity index (χ2v) is 12.4. The van der Waals surface area contributed by atoms with E-state index in [9.17, 15) is 21.6 Å². The molecular weight excluding hydrogens is 566 g/mol. The fourth-order valence-corrected chi connectivity index (χ4v) is 6.52. The molecule has 0 saturated carbocycles. The molecule has 0 heterocycles. The van der Waals surface area contributed by atoms with Crippen molar-refractivity contribution in [1.29, 1.82) is 0 Å². The minimum absolute atomic E-state index is 0.00556. The van der Waals surface area contributed by atoms with Crippen molar-refractivity contribution in [3.63, 3.8) is 0 Å².